The lowest BCUT2D eigenvalue weighted by Gasteiger charge is -2.35. The summed E-state index contributed by atoms with van der Waals surface area (Å²) in [5, 5.41) is 56.3. The number of hydrogen-bond donors (Lipinski definition) is 20. The molecule has 23 N–H and O–H groups in total. The second kappa shape index (κ2) is 44.0. The summed E-state index contributed by atoms with van der Waals surface area (Å²) in [6.07, 6.45) is -0.562. The SMILES string of the molecule is CC[C@H](C)[C@H](NC(=O)[C@@H]1CCCN1C(=O)[C@@H]1CCCN1C(=O)[C@@H](NC(=O)[C@H](CO)NC(=O)[C@H](CCCCN)NC(=O)[C@@H](NC(=O)[C@H](CCC(N)=O)NC(=O)[C@H](CCCN=C(N)N)NC(=O)CNC(=O)[C@@H](N)CS)[C@@H](C)O)[C@@H](C)CC)C(=O)N[C@@H](CS)C(=O)N[C@@H](Cc1ccccc1)C(=O)O. The molecule has 2 aliphatic heterocycles. The average molecular weight is 1450 g/mol. The molecule has 37 heteroatoms. The van der Waals surface area contributed by atoms with E-state index in [-0.39, 0.29) is 88.6 Å². The molecule has 0 radical (unpaired) electrons. The molecule has 13 amide bonds. The molecule has 0 aliphatic carbocycles. The summed E-state index contributed by atoms with van der Waals surface area (Å²) in [5.41, 5.74) is 28.3. The number of nitrogens with two attached hydrogens (primary N) is 5. The van der Waals surface area contributed by atoms with Gasteiger partial charge in [-0.2, -0.15) is 25.3 Å². The molecule has 0 saturated carbocycles. The fourth-order valence-electron chi connectivity index (χ4n) is 11.0. The Morgan fingerprint density at radius 3 is 1.67 bits per heavy atom. The molecule has 0 aromatic heterocycles. The zero-order chi connectivity index (χ0) is 74.9. The van der Waals surface area contributed by atoms with Crippen molar-refractivity contribution in [3.63, 3.8) is 0 Å². The van der Waals surface area contributed by atoms with E-state index in [0.717, 1.165) is 6.92 Å². The Morgan fingerprint density at radius 1 is 0.590 bits per heavy atom. The molecule has 2 heterocycles. The highest BCUT2D eigenvalue weighted by atomic mass is 32.1. The minimum absolute atomic E-state index is 0.00109. The molecular formula is C63H104N18O17S2. The van der Waals surface area contributed by atoms with Crippen LogP contribution in [0.5, 0.6) is 0 Å². The number of guanidine groups is 1. The van der Waals surface area contributed by atoms with Gasteiger partial charge in [0.05, 0.1) is 25.3 Å². The molecule has 2 aliphatic rings. The predicted molar refractivity (Wildman–Crippen MR) is 372 cm³/mol. The van der Waals surface area contributed by atoms with Gasteiger partial charge in [0.15, 0.2) is 5.96 Å². The van der Waals surface area contributed by atoms with Crippen molar-refractivity contribution in [3.8, 4) is 0 Å². The maximum Gasteiger partial charge on any atom is 0.326 e. The number of aliphatic hydroxyl groups is 2. The number of carbonyl (C=O) groups is 14. The normalized spacial score (nSPS) is 18.1. The van der Waals surface area contributed by atoms with Crippen molar-refractivity contribution < 1.29 is 82.4 Å². The van der Waals surface area contributed by atoms with Crippen LogP contribution in [0.25, 0.3) is 0 Å². The van der Waals surface area contributed by atoms with Gasteiger partial charge >= 0.3 is 5.97 Å². The van der Waals surface area contributed by atoms with E-state index < -0.39 is 199 Å². The standard InChI is InChI=1S/C63H104N18O17S2/c1-6-33(3)48(58(93)76-43(32-100)56(91)74-41(62(97)98)28-36-16-9-8-10-17-36)77-57(92)44-20-14-26-80(44)60(95)45-21-15-27-81(45)61(96)49(34(4)7-2)78-55(90)42(30-82)75-53(88)39(18-11-12-24-64)73-59(94)50(35(5)83)79-54(89)40(22-23-46(66)84)72-52(87)38(19-13-25-69-63(67)68)71-47(85)29-70-51(86)37(65)31-99/h8-10,16-17,33-35,37-45,48-50,82-83,99-100H,6-7,11-15,18-32,64-65H2,1-5H3,(H2,66,84)(H,70,86)(H,71,85)(H,72,87)(H,73,94)(H,74,91)(H,75,88)(H,76,93)(H,77,92)(H,78,90)(H,79,89)(H,97,98)(H4,67,68,69)/t33-,34-,35+,37-,38-,39-,40-,41-,42-,43-,44-,45-,48-,49-,50-/m0/s1. The van der Waals surface area contributed by atoms with Crippen LogP contribution >= 0.6 is 25.3 Å². The average Bonchev–Trinajstić information content (AvgIpc) is 1.62. The number of amides is 13. The van der Waals surface area contributed by atoms with Crippen LogP contribution in [0.4, 0.5) is 0 Å². The fourth-order valence-corrected chi connectivity index (χ4v) is 11.4. The smallest absolute Gasteiger partial charge is 0.326 e. The number of rotatable bonds is 44. The first-order valence-corrected chi connectivity index (χ1v) is 34.8. The van der Waals surface area contributed by atoms with Crippen molar-refractivity contribution in [3.05, 3.63) is 35.9 Å². The molecule has 0 spiro atoms. The fraction of sp³-hybridized carbons (Fsp3) is 0.667. The summed E-state index contributed by atoms with van der Waals surface area (Å²) < 4.78 is 0. The number of likely N-dealkylation sites (tertiary alicyclic amines) is 2. The minimum atomic E-state index is -1.88. The van der Waals surface area contributed by atoms with Crippen molar-refractivity contribution >= 4 is 114 Å². The van der Waals surface area contributed by atoms with Crippen LogP contribution in [-0.4, -0.2) is 243 Å². The Hall–Kier alpha value is -8.39. The first-order chi connectivity index (χ1) is 47.4. The number of benzene rings is 1. The number of carboxylic acid groups (broad SMARTS) is 1. The summed E-state index contributed by atoms with van der Waals surface area (Å²) >= 11 is 8.21. The highest BCUT2D eigenvalue weighted by molar-refractivity contribution is 7.80. The highest BCUT2D eigenvalue weighted by Crippen LogP contribution is 2.28. The predicted octanol–water partition coefficient (Wildman–Crippen LogP) is -6.12. The van der Waals surface area contributed by atoms with Gasteiger partial charge in [0.2, 0.25) is 76.8 Å². The Bertz CT molecular complexity index is 2990. The molecule has 0 unspecified atom stereocenters. The molecule has 1 aromatic rings. The number of primary amides is 1. The van der Waals surface area contributed by atoms with Crippen LogP contribution in [0.2, 0.25) is 0 Å². The van der Waals surface area contributed by atoms with Gasteiger partial charge in [0.1, 0.15) is 66.5 Å². The molecule has 2 fully saturated rings. The lowest BCUT2D eigenvalue weighted by Crippen LogP contribution is -2.62. The van der Waals surface area contributed by atoms with E-state index in [2.05, 4.69) is 83.4 Å². The Morgan fingerprint density at radius 2 is 1.10 bits per heavy atom. The molecule has 2 saturated heterocycles. The van der Waals surface area contributed by atoms with E-state index >= 15 is 0 Å². The van der Waals surface area contributed by atoms with Crippen molar-refractivity contribution in [1.82, 2.24) is 63.0 Å². The number of nitrogens with zero attached hydrogens (tertiary/aromatic N) is 3. The summed E-state index contributed by atoms with van der Waals surface area (Å²) in [4.78, 5) is 197. The van der Waals surface area contributed by atoms with Crippen molar-refractivity contribution in [1.29, 1.82) is 0 Å². The molecule has 100 heavy (non-hydrogen) atoms. The summed E-state index contributed by atoms with van der Waals surface area (Å²) in [6.45, 7) is 6.70. The lowest BCUT2D eigenvalue weighted by molar-refractivity contribution is -0.149. The van der Waals surface area contributed by atoms with Gasteiger partial charge in [-0.05, 0) is 95.1 Å². The first kappa shape index (κ1) is 85.8. The third-order valence-electron chi connectivity index (χ3n) is 17.3. The quantitative estimate of drug-likeness (QED) is 0.0125. The van der Waals surface area contributed by atoms with Gasteiger partial charge in [-0.3, -0.25) is 67.3 Å². The molecule has 1 aromatic carbocycles. The van der Waals surface area contributed by atoms with Crippen LogP contribution < -0.4 is 81.8 Å². The topological polar surface area (TPSA) is 569 Å². The second-order valence-electron chi connectivity index (χ2n) is 24.9. The van der Waals surface area contributed by atoms with E-state index in [4.69, 9.17) is 28.7 Å². The second-order valence-corrected chi connectivity index (χ2v) is 25.6. The molecule has 15 atom stereocenters. The van der Waals surface area contributed by atoms with Crippen LogP contribution in [0.15, 0.2) is 35.3 Å². The first-order valence-electron chi connectivity index (χ1n) is 33.6. The molecular weight excluding hydrogens is 1340 g/mol. The zero-order valence-electron chi connectivity index (χ0n) is 57.3. The van der Waals surface area contributed by atoms with E-state index in [1.165, 1.54) is 9.80 Å². The maximum atomic E-state index is 14.8. The van der Waals surface area contributed by atoms with E-state index in [9.17, 15) is 82.4 Å². The molecule has 3 rings (SSSR count). The third-order valence-corrected chi connectivity index (χ3v) is 18.0. The largest absolute Gasteiger partial charge is 0.480 e. The number of thiol groups is 2. The van der Waals surface area contributed by atoms with Gasteiger partial charge in [0.25, 0.3) is 0 Å². The summed E-state index contributed by atoms with van der Waals surface area (Å²) in [6, 6.07) is -8.11. The maximum absolute atomic E-state index is 14.8. The molecule has 0 bridgehead atoms. The van der Waals surface area contributed by atoms with E-state index in [1.54, 1.807) is 58.0 Å². The zero-order valence-corrected chi connectivity index (χ0v) is 59.1. The number of aliphatic hydroxyl groups excluding tert-OH is 2. The number of carbonyl (C=O) groups excluding carboxylic acids is 13. The van der Waals surface area contributed by atoms with Gasteiger partial charge in [0, 0.05) is 44.0 Å². The van der Waals surface area contributed by atoms with Gasteiger partial charge in [-0.15, -0.1) is 0 Å². The van der Waals surface area contributed by atoms with Gasteiger partial charge < -0.3 is 107 Å². The van der Waals surface area contributed by atoms with Crippen molar-refractivity contribution in [2.24, 2.45) is 45.5 Å². The Balaban J connectivity index is 1.81. The van der Waals surface area contributed by atoms with Crippen LogP contribution in [0, 0.1) is 11.8 Å². The minimum Gasteiger partial charge on any atom is -0.480 e. The van der Waals surface area contributed by atoms with Crippen LogP contribution in [0.3, 0.4) is 0 Å². The molecule has 35 nitrogen and oxygen atoms in total. The monoisotopic (exact) mass is 1450 g/mol. The number of aliphatic carboxylic acids is 1. The lowest BCUT2D eigenvalue weighted by atomic mass is 9.96. The number of aliphatic imine (C=N–C) groups is 1. The van der Waals surface area contributed by atoms with E-state index in [1.807, 2.05) is 0 Å². The van der Waals surface area contributed by atoms with Crippen LogP contribution in [-0.2, 0) is 73.5 Å². The summed E-state index contributed by atoms with van der Waals surface area (Å²) in [7, 11) is 0. The molecule has 560 valence electrons. The van der Waals surface area contributed by atoms with Crippen molar-refractivity contribution in [2.75, 3.05) is 50.8 Å². The summed E-state index contributed by atoms with van der Waals surface area (Å²) in [5.74, 6) is -14.2. The van der Waals surface area contributed by atoms with Gasteiger partial charge in [-0.25, -0.2) is 4.79 Å². The number of unbranched alkanes of at least 4 members (excludes halogenated alkanes) is 1. The number of hydrogen-bond acceptors (Lipinski definition) is 21. The van der Waals surface area contributed by atoms with Gasteiger partial charge in [-0.1, -0.05) is 70.9 Å². The van der Waals surface area contributed by atoms with Crippen LogP contribution in [0.1, 0.15) is 124 Å². The Labute approximate surface area is 592 Å². The van der Waals surface area contributed by atoms with Crippen molar-refractivity contribution in [2.45, 2.75) is 203 Å². The Kier molecular flexibility index (Phi) is 37.8. The number of carboxylic acids is 1. The third kappa shape index (κ3) is 27.6. The highest BCUT2D eigenvalue weighted by Gasteiger charge is 2.46. The van der Waals surface area contributed by atoms with E-state index in [0.29, 0.717) is 37.7 Å². The number of nitrogens with one attached hydrogen (secondary N) is 10.